The molecule has 0 aliphatic carbocycles. The lowest BCUT2D eigenvalue weighted by atomic mass is 10.1. The van der Waals surface area contributed by atoms with E-state index in [9.17, 15) is 58.2 Å². The number of benzene rings is 6. The molecule has 0 spiro atoms. The number of phenols is 2. The van der Waals surface area contributed by atoms with Gasteiger partial charge in [0.05, 0.1) is 51.4 Å². The van der Waals surface area contributed by atoms with Crippen molar-refractivity contribution < 1.29 is 77.6 Å². The molecule has 0 aromatic heterocycles. The number of aromatic hydroxyl groups is 2. The average Bonchev–Trinajstić information content (AvgIpc) is 3.19. The molecule has 0 aliphatic heterocycles. The van der Waals surface area contributed by atoms with Gasteiger partial charge in [-0.25, -0.2) is 5.26 Å². The van der Waals surface area contributed by atoms with E-state index in [-0.39, 0.29) is 67.3 Å². The summed E-state index contributed by atoms with van der Waals surface area (Å²) >= 11 is 0.269. The van der Waals surface area contributed by atoms with Crippen molar-refractivity contribution in [3.8, 4) is 17.2 Å². The predicted octanol–water partition coefficient (Wildman–Crippen LogP) is 9.53. The first-order valence-corrected chi connectivity index (χ1v) is 23.7. The van der Waals surface area contributed by atoms with Crippen LogP contribution in [0.4, 0.5) is 39.8 Å². The molecule has 9 N–H and O–H groups in total. The third kappa shape index (κ3) is 10.8. The van der Waals surface area contributed by atoms with Crippen LogP contribution in [-0.4, -0.2) is 76.9 Å². The van der Waals surface area contributed by atoms with Gasteiger partial charge in [-0.2, -0.15) is 35.5 Å². The number of hydrogen-bond acceptors (Lipinski definition) is 22. The van der Waals surface area contributed by atoms with Gasteiger partial charge < -0.3 is 14.9 Å². The summed E-state index contributed by atoms with van der Waals surface area (Å²) in [5.41, 5.74) is -1.07. The first-order valence-electron chi connectivity index (χ1n) is 16.7. The quantitative estimate of drug-likeness (QED) is 0.0152. The molecule has 0 unspecified atom stereocenters. The zero-order valence-electron chi connectivity index (χ0n) is 31.6. The van der Waals surface area contributed by atoms with Crippen LogP contribution in [0.2, 0.25) is 0 Å². The number of fused-ring (bicyclic) bond motifs is 2. The highest BCUT2D eigenvalue weighted by Gasteiger charge is 2.27. The van der Waals surface area contributed by atoms with Crippen LogP contribution in [-0.2, 0) is 39.7 Å². The van der Waals surface area contributed by atoms with Crippen molar-refractivity contribution in [3.63, 3.8) is 0 Å². The van der Waals surface area contributed by atoms with Gasteiger partial charge in [0.25, 0.3) is 30.4 Å². The summed E-state index contributed by atoms with van der Waals surface area (Å²) in [5.74, 6) is -1.92. The Kier molecular flexibility index (Phi) is 13.3. The van der Waals surface area contributed by atoms with Crippen LogP contribution in [0.25, 0.3) is 21.5 Å². The van der Waals surface area contributed by atoms with Crippen molar-refractivity contribution in [1.29, 1.82) is 0 Å². The monoisotopic (exact) mass is 967 g/mol. The number of para-hydroxylation sites is 1. The second-order valence-electron chi connectivity index (χ2n) is 12.6. The number of hydrogen-bond donors (Lipinski definition) is 9. The number of anilines is 1. The van der Waals surface area contributed by atoms with Crippen molar-refractivity contribution in [2.45, 2.75) is 19.6 Å². The molecule has 0 atom stereocenters. The molecular formula is C34H29N7O17S5. The summed E-state index contributed by atoms with van der Waals surface area (Å²) in [6, 6.07) is 17.2. The fourth-order valence-electron chi connectivity index (χ4n) is 5.68. The summed E-state index contributed by atoms with van der Waals surface area (Å²) < 4.78 is 134. The molecule has 6 rings (SSSR count). The molecule has 0 aliphatic rings. The standard InChI is InChI=1S/C34H29N7O17S5/c1-56-26-15-20(36-35-19-7-9-22-17(11-19)12-21(61(47,48)49)16-28(22)62(50,51)52)8-10-25(26)38-40-32-29(63(53,54)55)14-18-13-27(59-58-57-44)31(33(42)30(18)34(32)43)39-37-23-5-3-4-6-24(23)41-60(2,45)46/h3-16,41-46H,1-2H3,(H,47,48,49)(H,50,51,52)(H,53,54,55). The minimum atomic E-state index is -5.19. The lowest BCUT2D eigenvalue weighted by Gasteiger charge is -2.29. The zero-order valence-corrected chi connectivity index (χ0v) is 35.6. The van der Waals surface area contributed by atoms with E-state index in [0.29, 0.717) is 6.07 Å². The van der Waals surface area contributed by atoms with Crippen molar-refractivity contribution in [1.82, 2.24) is 0 Å². The molecular weight excluding hydrogens is 939 g/mol. The van der Waals surface area contributed by atoms with Crippen molar-refractivity contribution in [2.75, 3.05) is 18.1 Å². The Labute approximate surface area is 361 Å². The maximum atomic E-state index is 12.6. The third-order valence-corrected chi connectivity index (χ3v) is 12.1. The van der Waals surface area contributed by atoms with Crippen LogP contribution >= 0.6 is 22.8 Å². The van der Waals surface area contributed by atoms with E-state index >= 15 is 0 Å². The number of phenolic OH excluding ortho intramolecular Hbond substituents is 2. The summed E-state index contributed by atoms with van der Waals surface area (Å²) in [7, 11) is -17.1. The smallest absolute Gasteiger partial charge is 0.296 e. The van der Waals surface area contributed by atoms with Crippen molar-refractivity contribution >= 4 is 115 Å². The molecule has 0 amide bonds. The highest BCUT2D eigenvalue weighted by Crippen LogP contribution is 2.52. The Morgan fingerprint density at radius 1 is 0.619 bits per heavy atom. The largest absolute Gasteiger partial charge is 0.505 e. The van der Waals surface area contributed by atoms with Crippen LogP contribution < -0.4 is 9.46 Å². The van der Waals surface area contributed by atoms with Crippen molar-refractivity contribution in [3.05, 3.63) is 84.9 Å². The van der Waals surface area contributed by atoms with Gasteiger partial charge in [-0.1, -0.05) is 23.2 Å². The van der Waals surface area contributed by atoms with Gasteiger partial charge in [-0.15, -0.1) is 35.6 Å². The summed E-state index contributed by atoms with van der Waals surface area (Å²) in [6.07, 6.45) is 1.12. The Hall–Kier alpha value is -5.93. The first-order chi connectivity index (χ1) is 29.5. The molecule has 0 radical (unpaired) electrons. The van der Waals surface area contributed by atoms with E-state index in [1.807, 2.05) is 0 Å². The van der Waals surface area contributed by atoms with Gasteiger partial charge in [-0.3, -0.25) is 27.5 Å². The van der Waals surface area contributed by atoms with Crippen LogP contribution in [0.1, 0.15) is 0 Å². The third-order valence-electron chi connectivity index (χ3n) is 8.30. The number of azo groups is 3. The Bertz CT molecular complexity index is 3240. The second-order valence-corrected chi connectivity index (χ2v) is 19.4. The van der Waals surface area contributed by atoms with E-state index in [1.54, 1.807) is 12.1 Å². The maximum Gasteiger partial charge on any atom is 0.296 e. The van der Waals surface area contributed by atoms with Crippen LogP contribution in [0.5, 0.6) is 17.2 Å². The number of nitrogens with one attached hydrogen (secondary N) is 1. The van der Waals surface area contributed by atoms with Gasteiger partial charge in [0.2, 0.25) is 0 Å². The number of rotatable bonds is 15. The van der Waals surface area contributed by atoms with Crippen LogP contribution in [0, 0.1) is 0 Å². The topological polar surface area (TPSA) is 378 Å². The lowest BCUT2D eigenvalue weighted by molar-refractivity contribution is -0.432. The molecule has 0 heterocycles. The number of methoxy groups -OCH3 is 1. The number of nitrogens with zero attached hydrogens (tertiary/aromatic N) is 6. The van der Waals surface area contributed by atoms with Gasteiger partial charge in [-0.05, 0) is 71.4 Å². The molecule has 6 aromatic rings. The van der Waals surface area contributed by atoms with Crippen LogP contribution in [0.3, 0.4) is 0 Å². The molecule has 29 heteroatoms. The first kappa shape index (κ1) is 46.6. The normalized spacial score (nSPS) is 13.2. The summed E-state index contributed by atoms with van der Waals surface area (Å²) in [6.45, 7) is 0. The van der Waals surface area contributed by atoms with E-state index in [1.165, 1.54) is 55.6 Å². The van der Waals surface area contributed by atoms with Gasteiger partial charge >= 0.3 is 0 Å². The van der Waals surface area contributed by atoms with Crippen LogP contribution in [0.15, 0.2) is 135 Å². The molecule has 24 nitrogen and oxygen atoms in total. The summed E-state index contributed by atoms with van der Waals surface area (Å²) in [5, 5.41) is 58.6. The molecule has 0 fully saturated rings. The van der Waals surface area contributed by atoms with E-state index < -0.39 is 84.1 Å². The van der Waals surface area contributed by atoms with E-state index in [4.69, 9.17) is 9.99 Å². The number of ether oxygens (including phenoxy) is 1. The molecule has 63 heavy (non-hydrogen) atoms. The van der Waals surface area contributed by atoms with E-state index in [2.05, 4.69) is 44.8 Å². The SMILES string of the molecule is COc1cc(N=Nc2ccc3c(S(=O)(=O)O)cc(S(=O)(=O)O)cc3c2)ccc1N=Nc1c(S(=O)(=O)O)cc2cc(SOOO)c(N=Nc3ccccc3NS(C)(O)O)c(O)c2c1O. The molecule has 6 aromatic carbocycles. The highest BCUT2D eigenvalue weighted by molar-refractivity contribution is 8.24. The minimum absolute atomic E-state index is 0.0402. The zero-order chi connectivity index (χ0) is 46.1. The predicted molar refractivity (Wildman–Crippen MR) is 226 cm³/mol. The Morgan fingerprint density at radius 2 is 1.24 bits per heavy atom. The van der Waals surface area contributed by atoms with Gasteiger partial charge in [0.1, 0.15) is 38.3 Å². The van der Waals surface area contributed by atoms with Crippen molar-refractivity contribution in [2.24, 2.45) is 30.7 Å². The lowest BCUT2D eigenvalue weighted by Crippen LogP contribution is -2.06. The minimum Gasteiger partial charge on any atom is -0.505 e. The fraction of sp³-hybridized carbons (Fsp3) is 0.0588. The molecule has 0 bridgehead atoms. The highest BCUT2D eigenvalue weighted by atomic mass is 32.3. The Morgan fingerprint density at radius 3 is 1.87 bits per heavy atom. The molecule has 332 valence electrons. The van der Waals surface area contributed by atoms with Gasteiger partial charge in [0, 0.05) is 17.7 Å². The maximum absolute atomic E-state index is 12.6. The average molecular weight is 968 g/mol. The van der Waals surface area contributed by atoms with Gasteiger partial charge in [0.15, 0.2) is 11.5 Å². The fourth-order valence-corrected chi connectivity index (χ4v) is 8.78. The second kappa shape index (κ2) is 18.0. The summed E-state index contributed by atoms with van der Waals surface area (Å²) in [4.78, 5) is -2.75. The molecule has 0 saturated carbocycles. The Balaban J connectivity index is 1.40. The molecule has 0 saturated heterocycles. The van der Waals surface area contributed by atoms with E-state index in [0.717, 1.165) is 24.5 Å².